The summed E-state index contributed by atoms with van der Waals surface area (Å²) in [5, 5.41) is 5.05. The van der Waals surface area contributed by atoms with Crippen LogP contribution in [0.25, 0.3) is 43.8 Å². The predicted molar refractivity (Wildman–Crippen MR) is 120 cm³/mol. The summed E-state index contributed by atoms with van der Waals surface area (Å²) >= 11 is 3.94. The Labute approximate surface area is 167 Å². The lowest BCUT2D eigenvalue weighted by atomic mass is 9.89. The largest absolute Gasteiger partial charge is 0.0622 e. The van der Waals surface area contributed by atoms with Crippen LogP contribution in [0.15, 0.2) is 108 Å². The van der Waals surface area contributed by atoms with E-state index in [1.165, 1.54) is 43.8 Å². The first-order valence-corrected chi connectivity index (χ1v) is 9.87. The van der Waals surface area contributed by atoms with Gasteiger partial charge in [-0.3, -0.25) is 0 Å². The smallest absolute Gasteiger partial charge is 0.0338 e. The summed E-state index contributed by atoms with van der Waals surface area (Å²) in [6.07, 6.45) is 0. The van der Waals surface area contributed by atoms with Gasteiger partial charge in [0, 0.05) is 9.86 Å². The van der Waals surface area contributed by atoms with Gasteiger partial charge >= 0.3 is 0 Å². The van der Waals surface area contributed by atoms with E-state index in [0.717, 1.165) is 4.47 Å². The summed E-state index contributed by atoms with van der Waals surface area (Å²) in [5.41, 5.74) is 5.03. The van der Waals surface area contributed by atoms with E-state index in [-0.39, 0.29) is 0 Å². The molecule has 0 atom stereocenters. The van der Waals surface area contributed by atoms with Crippen LogP contribution >= 0.6 is 15.9 Å². The molecule has 0 saturated carbocycles. The third-order valence-electron chi connectivity index (χ3n) is 5.13. The van der Waals surface area contributed by atoms with Gasteiger partial charge in [0.1, 0.15) is 0 Å². The number of hydrogen-bond donors (Lipinski definition) is 0. The van der Waals surface area contributed by atoms with Crippen molar-refractivity contribution in [3.05, 3.63) is 108 Å². The molecule has 0 aromatic heterocycles. The van der Waals surface area contributed by atoms with Crippen LogP contribution in [0.2, 0.25) is 0 Å². The molecule has 0 aliphatic carbocycles. The van der Waals surface area contributed by atoms with Gasteiger partial charge in [0.25, 0.3) is 0 Å². The first-order chi connectivity index (χ1) is 13.3. The first kappa shape index (κ1) is 16.3. The number of halogens is 1. The SMILES string of the molecule is Brc1c2ccccc2c(-c2ccccc2)c2cccc(-c3ccccc3)c12. The Hall–Kier alpha value is -2.90. The Morgan fingerprint density at radius 1 is 0.444 bits per heavy atom. The molecule has 0 nitrogen and oxygen atoms in total. The lowest BCUT2D eigenvalue weighted by molar-refractivity contribution is 1.64. The van der Waals surface area contributed by atoms with E-state index >= 15 is 0 Å². The average Bonchev–Trinajstić information content (AvgIpc) is 2.75. The standard InChI is InChI=1S/C26H17Br/c27-26-22-15-8-7-14-21(22)24(19-12-5-2-6-13-19)23-17-9-16-20(25(23)26)18-10-3-1-4-11-18/h1-17H. The topological polar surface area (TPSA) is 0 Å². The molecule has 0 saturated heterocycles. The van der Waals surface area contributed by atoms with Crippen LogP contribution in [0.5, 0.6) is 0 Å². The highest BCUT2D eigenvalue weighted by Gasteiger charge is 2.16. The Kier molecular flexibility index (Phi) is 4.03. The zero-order valence-corrected chi connectivity index (χ0v) is 16.3. The molecular weight excluding hydrogens is 392 g/mol. The first-order valence-electron chi connectivity index (χ1n) is 9.08. The lowest BCUT2D eigenvalue weighted by Crippen LogP contribution is -1.90. The Morgan fingerprint density at radius 3 is 1.70 bits per heavy atom. The Morgan fingerprint density at radius 2 is 1.00 bits per heavy atom. The quantitative estimate of drug-likeness (QED) is 0.259. The van der Waals surface area contributed by atoms with Gasteiger partial charge < -0.3 is 0 Å². The second-order valence-corrected chi connectivity index (χ2v) is 7.49. The highest BCUT2D eigenvalue weighted by molar-refractivity contribution is 9.10. The van der Waals surface area contributed by atoms with Gasteiger partial charge in [0.05, 0.1) is 0 Å². The zero-order chi connectivity index (χ0) is 18.2. The fraction of sp³-hybridized carbons (Fsp3) is 0. The normalized spacial score (nSPS) is 11.1. The van der Waals surface area contributed by atoms with Crippen LogP contribution in [0.4, 0.5) is 0 Å². The van der Waals surface area contributed by atoms with E-state index in [4.69, 9.17) is 0 Å². The van der Waals surface area contributed by atoms with Crippen LogP contribution in [-0.4, -0.2) is 0 Å². The molecule has 5 aromatic carbocycles. The number of hydrogen-bond acceptors (Lipinski definition) is 0. The minimum atomic E-state index is 1.16. The zero-order valence-electron chi connectivity index (χ0n) is 14.7. The van der Waals surface area contributed by atoms with Crippen LogP contribution < -0.4 is 0 Å². The molecule has 0 aliphatic rings. The fourth-order valence-electron chi connectivity index (χ4n) is 3.94. The third kappa shape index (κ3) is 2.67. The van der Waals surface area contributed by atoms with E-state index in [1.54, 1.807) is 0 Å². The van der Waals surface area contributed by atoms with Crippen LogP contribution in [0.1, 0.15) is 0 Å². The summed E-state index contributed by atoms with van der Waals surface area (Å²) < 4.78 is 1.16. The van der Waals surface area contributed by atoms with Gasteiger partial charge in [-0.2, -0.15) is 0 Å². The molecule has 128 valence electrons. The lowest BCUT2D eigenvalue weighted by Gasteiger charge is -2.17. The van der Waals surface area contributed by atoms with E-state index < -0.39 is 0 Å². The van der Waals surface area contributed by atoms with Crippen molar-refractivity contribution in [1.29, 1.82) is 0 Å². The van der Waals surface area contributed by atoms with E-state index in [1.807, 2.05) is 0 Å². The second kappa shape index (κ2) is 6.68. The maximum atomic E-state index is 3.94. The molecule has 0 aliphatic heterocycles. The monoisotopic (exact) mass is 408 g/mol. The van der Waals surface area contributed by atoms with Gasteiger partial charge in [0.2, 0.25) is 0 Å². The fourth-order valence-corrected chi connectivity index (χ4v) is 4.72. The number of benzene rings is 5. The Balaban J connectivity index is 2.00. The van der Waals surface area contributed by atoms with Crippen molar-refractivity contribution in [1.82, 2.24) is 0 Å². The van der Waals surface area contributed by atoms with Crippen molar-refractivity contribution in [3.63, 3.8) is 0 Å². The summed E-state index contributed by atoms with van der Waals surface area (Å²) in [6.45, 7) is 0. The maximum absolute atomic E-state index is 3.94. The van der Waals surface area contributed by atoms with E-state index in [0.29, 0.717) is 0 Å². The Bertz CT molecular complexity index is 1260. The molecule has 0 bridgehead atoms. The summed E-state index contributed by atoms with van der Waals surface area (Å²) in [4.78, 5) is 0. The van der Waals surface area contributed by atoms with Crippen LogP contribution in [0.3, 0.4) is 0 Å². The minimum absolute atomic E-state index is 1.16. The molecule has 1 heteroatoms. The minimum Gasteiger partial charge on any atom is -0.0622 e. The third-order valence-corrected chi connectivity index (χ3v) is 5.96. The molecular formula is C26H17Br. The van der Waals surface area contributed by atoms with Gasteiger partial charge in [-0.1, -0.05) is 103 Å². The highest BCUT2D eigenvalue weighted by Crippen LogP contribution is 2.44. The van der Waals surface area contributed by atoms with E-state index in [9.17, 15) is 0 Å². The number of fused-ring (bicyclic) bond motifs is 2. The van der Waals surface area contributed by atoms with Crippen molar-refractivity contribution in [2.24, 2.45) is 0 Å². The van der Waals surface area contributed by atoms with Crippen molar-refractivity contribution in [2.75, 3.05) is 0 Å². The summed E-state index contributed by atoms with van der Waals surface area (Å²) in [6, 6.07) is 36.6. The molecule has 5 rings (SSSR count). The molecule has 27 heavy (non-hydrogen) atoms. The molecule has 0 spiro atoms. The van der Waals surface area contributed by atoms with Crippen molar-refractivity contribution >= 4 is 37.5 Å². The van der Waals surface area contributed by atoms with E-state index in [2.05, 4.69) is 119 Å². The molecule has 0 amide bonds. The molecule has 0 unspecified atom stereocenters. The van der Waals surface area contributed by atoms with Crippen LogP contribution in [0, 0.1) is 0 Å². The molecule has 5 aromatic rings. The van der Waals surface area contributed by atoms with Crippen molar-refractivity contribution in [2.45, 2.75) is 0 Å². The van der Waals surface area contributed by atoms with Crippen molar-refractivity contribution in [3.8, 4) is 22.3 Å². The van der Waals surface area contributed by atoms with Crippen LogP contribution in [-0.2, 0) is 0 Å². The van der Waals surface area contributed by atoms with Gasteiger partial charge in [0.15, 0.2) is 0 Å². The maximum Gasteiger partial charge on any atom is 0.0338 e. The molecule has 0 fully saturated rings. The van der Waals surface area contributed by atoms with Crippen molar-refractivity contribution < 1.29 is 0 Å². The second-order valence-electron chi connectivity index (χ2n) is 6.69. The average molecular weight is 409 g/mol. The predicted octanol–water partition coefficient (Wildman–Crippen LogP) is 8.09. The molecule has 0 heterocycles. The van der Waals surface area contributed by atoms with Gasteiger partial charge in [-0.15, -0.1) is 0 Å². The summed E-state index contributed by atoms with van der Waals surface area (Å²) in [7, 11) is 0. The summed E-state index contributed by atoms with van der Waals surface area (Å²) in [5.74, 6) is 0. The van der Waals surface area contributed by atoms with Gasteiger partial charge in [-0.05, 0) is 54.3 Å². The van der Waals surface area contributed by atoms with Gasteiger partial charge in [-0.25, -0.2) is 0 Å². The molecule has 0 radical (unpaired) electrons. The highest BCUT2D eigenvalue weighted by atomic mass is 79.9. The molecule has 0 N–H and O–H groups in total. The number of rotatable bonds is 2.